The van der Waals surface area contributed by atoms with Crippen LogP contribution in [-0.2, 0) is 30.9 Å². The second-order valence-electron chi connectivity index (χ2n) is 7.86. The van der Waals surface area contributed by atoms with Crippen LogP contribution in [0.1, 0.15) is 25.3 Å². The second kappa shape index (κ2) is 11.3. The molecule has 1 aliphatic heterocycles. The standard InChI is InChI=1S/C24H30N2O6S/c1-3-25(17-19-7-5-4-6-8-19)23(27)18-32-24(28)20-13-15-26(16-14-20)33(29,30)22-11-9-21(31-2)10-12-22/h4-12,20H,3,13-18H2,1-2H3. The zero-order valence-corrected chi connectivity index (χ0v) is 19.8. The maximum Gasteiger partial charge on any atom is 0.309 e. The molecular formula is C24H30N2O6S. The number of ether oxygens (including phenoxy) is 2. The highest BCUT2D eigenvalue weighted by Gasteiger charge is 2.33. The third-order valence-electron chi connectivity index (χ3n) is 5.77. The number of carbonyl (C=O) groups is 2. The Kier molecular flexibility index (Phi) is 8.46. The van der Waals surface area contributed by atoms with Crippen molar-refractivity contribution >= 4 is 21.9 Å². The molecule has 178 valence electrons. The highest BCUT2D eigenvalue weighted by atomic mass is 32.2. The molecule has 0 aliphatic carbocycles. The van der Waals surface area contributed by atoms with Gasteiger partial charge in [-0.3, -0.25) is 9.59 Å². The van der Waals surface area contributed by atoms with E-state index >= 15 is 0 Å². The number of amides is 1. The van der Waals surface area contributed by atoms with Gasteiger partial charge < -0.3 is 14.4 Å². The molecule has 0 spiro atoms. The van der Waals surface area contributed by atoms with Crippen molar-refractivity contribution in [1.82, 2.24) is 9.21 Å². The molecule has 2 aromatic rings. The Morgan fingerprint density at radius 2 is 1.67 bits per heavy atom. The van der Waals surface area contributed by atoms with E-state index in [-0.39, 0.29) is 30.5 Å². The van der Waals surface area contributed by atoms with E-state index in [9.17, 15) is 18.0 Å². The Bertz CT molecular complexity index is 1030. The van der Waals surface area contributed by atoms with Crippen molar-refractivity contribution < 1.29 is 27.5 Å². The van der Waals surface area contributed by atoms with Crippen LogP contribution in [0.2, 0.25) is 0 Å². The molecule has 0 saturated carbocycles. The van der Waals surface area contributed by atoms with Crippen molar-refractivity contribution in [2.75, 3.05) is 33.4 Å². The van der Waals surface area contributed by atoms with Crippen molar-refractivity contribution in [2.24, 2.45) is 5.92 Å². The molecule has 3 rings (SSSR count). The number of carbonyl (C=O) groups excluding carboxylic acids is 2. The topological polar surface area (TPSA) is 93.2 Å². The molecular weight excluding hydrogens is 444 g/mol. The van der Waals surface area contributed by atoms with Gasteiger partial charge in [0.05, 0.1) is 17.9 Å². The van der Waals surface area contributed by atoms with Gasteiger partial charge in [0.2, 0.25) is 10.0 Å². The summed E-state index contributed by atoms with van der Waals surface area (Å²) >= 11 is 0. The Morgan fingerprint density at radius 1 is 1.03 bits per heavy atom. The van der Waals surface area contributed by atoms with Gasteiger partial charge in [-0.25, -0.2) is 8.42 Å². The van der Waals surface area contributed by atoms with E-state index in [0.717, 1.165) is 5.56 Å². The minimum atomic E-state index is -3.64. The molecule has 8 nitrogen and oxygen atoms in total. The third kappa shape index (κ3) is 6.33. The van der Waals surface area contributed by atoms with Gasteiger partial charge in [0.25, 0.3) is 5.91 Å². The van der Waals surface area contributed by atoms with Crippen LogP contribution in [-0.4, -0.2) is 62.9 Å². The number of rotatable bonds is 9. The van der Waals surface area contributed by atoms with E-state index in [0.29, 0.717) is 31.7 Å². The molecule has 0 radical (unpaired) electrons. The highest BCUT2D eigenvalue weighted by Crippen LogP contribution is 2.25. The van der Waals surface area contributed by atoms with Crippen LogP contribution in [0.25, 0.3) is 0 Å². The first-order valence-corrected chi connectivity index (χ1v) is 12.4. The first kappa shape index (κ1) is 24.7. The van der Waals surface area contributed by atoms with Crippen molar-refractivity contribution in [1.29, 1.82) is 0 Å². The lowest BCUT2D eigenvalue weighted by atomic mass is 9.98. The lowest BCUT2D eigenvalue weighted by molar-refractivity contribution is -0.156. The zero-order chi connectivity index (χ0) is 23.8. The first-order chi connectivity index (χ1) is 15.8. The molecule has 0 bridgehead atoms. The number of hydrogen-bond donors (Lipinski definition) is 0. The molecule has 2 aromatic carbocycles. The van der Waals surface area contributed by atoms with Crippen LogP contribution in [0.15, 0.2) is 59.5 Å². The summed E-state index contributed by atoms with van der Waals surface area (Å²) in [5.74, 6) is -0.561. The molecule has 1 heterocycles. The van der Waals surface area contributed by atoms with Gasteiger partial charge in [-0.2, -0.15) is 4.31 Å². The summed E-state index contributed by atoms with van der Waals surface area (Å²) in [6, 6.07) is 15.8. The van der Waals surface area contributed by atoms with E-state index in [4.69, 9.17) is 9.47 Å². The largest absolute Gasteiger partial charge is 0.497 e. The Morgan fingerprint density at radius 3 is 2.24 bits per heavy atom. The van der Waals surface area contributed by atoms with Gasteiger partial charge >= 0.3 is 5.97 Å². The van der Waals surface area contributed by atoms with Gasteiger partial charge in [0, 0.05) is 26.2 Å². The van der Waals surface area contributed by atoms with Crippen LogP contribution >= 0.6 is 0 Å². The number of methoxy groups -OCH3 is 1. The van der Waals surface area contributed by atoms with Crippen molar-refractivity contribution in [3.8, 4) is 5.75 Å². The van der Waals surface area contributed by atoms with Crippen molar-refractivity contribution in [2.45, 2.75) is 31.2 Å². The lowest BCUT2D eigenvalue weighted by Gasteiger charge is -2.30. The Balaban J connectivity index is 1.49. The second-order valence-corrected chi connectivity index (χ2v) is 9.79. The van der Waals surface area contributed by atoms with E-state index in [2.05, 4.69) is 0 Å². The molecule has 1 fully saturated rings. The van der Waals surface area contributed by atoms with E-state index in [1.54, 1.807) is 17.0 Å². The van der Waals surface area contributed by atoms with Crippen molar-refractivity contribution in [3.05, 3.63) is 60.2 Å². The normalized spacial score (nSPS) is 15.1. The molecule has 1 saturated heterocycles. The van der Waals surface area contributed by atoms with Crippen LogP contribution in [0.5, 0.6) is 5.75 Å². The lowest BCUT2D eigenvalue weighted by Crippen LogP contribution is -2.41. The van der Waals surface area contributed by atoms with Gasteiger partial charge in [-0.05, 0) is 49.6 Å². The molecule has 0 atom stereocenters. The van der Waals surface area contributed by atoms with Gasteiger partial charge in [0.15, 0.2) is 6.61 Å². The van der Waals surface area contributed by atoms with E-state index in [1.807, 2.05) is 37.3 Å². The summed E-state index contributed by atoms with van der Waals surface area (Å²) in [4.78, 5) is 26.8. The van der Waals surface area contributed by atoms with Crippen molar-refractivity contribution in [3.63, 3.8) is 0 Å². The number of nitrogens with zero attached hydrogens (tertiary/aromatic N) is 2. The summed E-state index contributed by atoms with van der Waals surface area (Å²) in [7, 11) is -2.12. The van der Waals surface area contributed by atoms with E-state index < -0.39 is 21.9 Å². The predicted octanol–water partition coefficient (Wildman–Crippen LogP) is 2.69. The molecule has 0 unspecified atom stereocenters. The maximum atomic E-state index is 12.9. The van der Waals surface area contributed by atoms with Crippen LogP contribution in [0.4, 0.5) is 0 Å². The molecule has 0 N–H and O–H groups in total. The number of esters is 1. The summed E-state index contributed by atoms with van der Waals surface area (Å²) in [6.45, 7) is 2.96. The van der Waals surface area contributed by atoms with Gasteiger partial charge in [-0.1, -0.05) is 30.3 Å². The van der Waals surface area contributed by atoms with Crippen LogP contribution < -0.4 is 4.74 Å². The number of benzene rings is 2. The highest BCUT2D eigenvalue weighted by molar-refractivity contribution is 7.89. The average molecular weight is 475 g/mol. The monoisotopic (exact) mass is 474 g/mol. The van der Waals surface area contributed by atoms with Gasteiger partial charge in [0.1, 0.15) is 5.75 Å². The summed E-state index contributed by atoms with van der Waals surface area (Å²) in [5.41, 5.74) is 1.00. The van der Waals surface area contributed by atoms with Crippen LogP contribution in [0.3, 0.4) is 0 Å². The third-order valence-corrected chi connectivity index (χ3v) is 7.69. The number of sulfonamides is 1. The van der Waals surface area contributed by atoms with Crippen LogP contribution in [0, 0.1) is 5.92 Å². The number of hydrogen-bond acceptors (Lipinski definition) is 6. The number of piperidine rings is 1. The first-order valence-electron chi connectivity index (χ1n) is 11.0. The molecule has 1 amide bonds. The Labute approximate surface area is 195 Å². The number of likely N-dealkylation sites (N-methyl/N-ethyl adjacent to an activating group) is 1. The zero-order valence-electron chi connectivity index (χ0n) is 19.0. The van der Waals surface area contributed by atoms with Gasteiger partial charge in [-0.15, -0.1) is 0 Å². The fraction of sp³-hybridized carbons (Fsp3) is 0.417. The minimum Gasteiger partial charge on any atom is -0.497 e. The quantitative estimate of drug-likeness (QED) is 0.519. The maximum absolute atomic E-state index is 12.9. The fourth-order valence-electron chi connectivity index (χ4n) is 3.75. The SMILES string of the molecule is CCN(Cc1ccccc1)C(=O)COC(=O)C1CCN(S(=O)(=O)c2ccc(OC)cc2)CC1. The fourth-order valence-corrected chi connectivity index (χ4v) is 5.22. The molecule has 0 aromatic heterocycles. The summed E-state index contributed by atoms with van der Waals surface area (Å²) in [5, 5.41) is 0. The molecule has 33 heavy (non-hydrogen) atoms. The Hall–Kier alpha value is -2.91. The molecule has 1 aliphatic rings. The average Bonchev–Trinajstić information content (AvgIpc) is 2.86. The predicted molar refractivity (Wildman–Crippen MR) is 123 cm³/mol. The van der Waals surface area contributed by atoms with E-state index in [1.165, 1.54) is 23.5 Å². The summed E-state index contributed by atoms with van der Waals surface area (Å²) < 4.78 is 37.4. The smallest absolute Gasteiger partial charge is 0.309 e. The minimum absolute atomic E-state index is 0.188. The summed E-state index contributed by atoms with van der Waals surface area (Å²) in [6.07, 6.45) is 0.702. The molecule has 9 heteroatoms.